The molecular formula is C14H14Cl2N2OS. The Bertz CT molecular complexity index is 668. The van der Waals surface area contributed by atoms with E-state index in [9.17, 15) is 4.55 Å². The fourth-order valence-corrected chi connectivity index (χ4v) is 2.45. The van der Waals surface area contributed by atoms with Gasteiger partial charge in [-0.3, -0.25) is 0 Å². The fraction of sp³-hybridized carbons (Fsp3) is 0.286. The van der Waals surface area contributed by atoms with Crippen molar-refractivity contribution in [2.75, 3.05) is 0 Å². The van der Waals surface area contributed by atoms with E-state index in [2.05, 4.69) is 9.38 Å². The predicted octanol–water partition coefficient (Wildman–Crippen LogP) is 4.42. The minimum absolute atomic E-state index is 0.292. The lowest BCUT2D eigenvalue weighted by atomic mass is 10.2. The van der Waals surface area contributed by atoms with Crippen molar-refractivity contribution in [2.24, 2.45) is 4.40 Å². The first-order valence-corrected chi connectivity index (χ1v) is 7.86. The number of hydrogen-bond donors (Lipinski definition) is 0. The van der Waals surface area contributed by atoms with Crippen LogP contribution in [0.2, 0.25) is 10.2 Å². The number of hydrogen-bond acceptors (Lipinski definition) is 3. The molecule has 0 aliphatic rings. The van der Waals surface area contributed by atoms with Crippen LogP contribution in [0.1, 0.15) is 26.3 Å². The van der Waals surface area contributed by atoms with Crippen LogP contribution in [0, 0.1) is 0 Å². The molecule has 0 saturated carbocycles. The van der Waals surface area contributed by atoms with Crippen LogP contribution in [0.5, 0.6) is 0 Å². The topological polar surface area (TPSA) is 48.3 Å². The van der Waals surface area contributed by atoms with Crippen LogP contribution in [0.25, 0.3) is 10.9 Å². The molecule has 0 unspecified atom stereocenters. The average molecular weight is 329 g/mol. The summed E-state index contributed by atoms with van der Waals surface area (Å²) in [5.41, 5.74) is 1.27. The van der Waals surface area contributed by atoms with E-state index in [4.69, 9.17) is 23.2 Å². The molecule has 20 heavy (non-hydrogen) atoms. The third-order valence-electron chi connectivity index (χ3n) is 2.59. The second-order valence-electron chi connectivity index (χ2n) is 5.28. The van der Waals surface area contributed by atoms with Crippen LogP contribution in [0.4, 0.5) is 0 Å². The molecule has 2 rings (SSSR count). The number of pyridine rings is 1. The van der Waals surface area contributed by atoms with E-state index in [0.29, 0.717) is 21.3 Å². The molecule has 3 nitrogen and oxygen atoms in total. The minimum Gasteiger partial charge on any atom is -0.591 e. The van der Waals surface area contributed by atoms with Crippen LogP contribution in [0.3, 0.4) is 0 Å². The van der Waals surface area contributed by atoms with Crippen molar-refractivity contribution >= 4 is 51.7 Å². The SMILES string of the molecule is CC(C)(C)[S@@+]([O-])N=Cc1cc2cccc(Cl)c2nc1Cl. The molecule has 2 aromatic rings. The second-order valence-corrected chi connectivity index (χ2v) is 7.98. The fourth-order valence-electron chi connectivity index (χ4n) is 1.51. The number of fused-ring (bicyclic) bond motifs is 1. The molecular weight excluding hydrogens is 315 g/mol. The first-order valence-electron chi connectivity index (χ1n) is 6.00. The third-order valence-corrected chi connectivity index (χ3v) is 4.54. The molecule has 0 fully saturated rings. The van der Waals surface area contributed by atoms with Gasteiger partial charge in [-0.05, 0) is 32.9 Å². The zero-order valence-corrected chi connectivity index (χ0v) is 13.7. The molecule has 1 aromatic heterocycles. The van der Waals surface area contributed by atoms with E-state index in [0.717, 1.165) is 5.39 Å². The van der Waals surface area contributed by atoms with E-state index < -0.39 is 16.1 Å². The minimum atomic E-state index is -1.33. The van der Waals surface area contributed by atoms with Gasteiger partial charge in [0.05, 0.1) is 16.8 Å². The van der Waals surface area contributed by atoms with E-state index in [1.807, 2.05) is 39.0 Å². The Morgan fingerprint density at radius 2 is 2.00 bits per heavy atom. The first kappa shape index (κ1) is 15.6. The lowest BCUT2D eigenvalue weighted by Gasteiger charge is -2.17. The molecule has 106 valence electrons. The number of rotatable bonds is 2. The highest BCUT2D eigenvalue weighted by Gasteiger charge is 2.25. The molecule has 0 N–H and O–H groups in total. The van der Waals surface area contributed by atoms with Gasteiger partial charge < -0.3 is 4.55 Å². The van der Waals surface area contributed by atoms with Crippen molar-refractivity contribution in [1.82, 2.24) is 4.98 Å². The van der Waals surface area contributed by atoms with E-state index >= 15 is 0 Å². The summed E-state index contributed by atoms with van der Waals surface area (Å²) in [5, 5.41) is 1.70. The summed E-state index contributed by atoms with van der Waals surface area (Å²) in [4.78, 5) is 4.26. The lowest BCUT2D eigenvalue weighted by Crippen LogP contribution is -2.25. The summed E-state index contributed by atoms with van der Waals surface area (Å²) >= 11 is 10.9. The van der Waals surface area contributed by atoms with Gasteiger partial charge >= 0.3 is 0 Å². The molecule has 0 saturated heterocycles. The van der Waals surface area contributed by atoms with Gasteiger partial charge in [0, 0.05) is 10.9 Å². The first-order chi connectivity index (χ1) is 9.29. The number of aromatic nitrogens is 1. The van der Waals surface area contributed by atoms with Gasteiger partial charge in [-0.25, -0.2) is 4.98 Å². The highest BCUT2D eigenvalue weighted by molar-refractivity contribution is 7.91. The molecule has 1 atom stereocenters. The van der Waals surface area contributed by atoms with Crippen LogP contribution in [-0.2, 0) is 11.4 Å². The van der Waals surface area contributed by atoms with Gasteiger partial charge in [0.1, 0.15) is 21.3 Å². The van der Waals surface area contributed by atoms with Crippen LogP contribution in [0.15, 0.2) is 28.7 Å². The van der Waals surface area contributed by atoms with Gasteiger partial charge in [-0.15, -0.1) is 0 Å². The number of halogens is 2. The Hall–Kier alpha value is -0.810. The normalized spacial score (nSPS) is 14.1. The highest BCUT2D eigenvalue weighted by Crippen LogP contribution is 2.25. The van der Waals surface area contributed by atoms with Gasteiger partial charge in [-0.2, -0.15) is 0 Å². The van der Waals surface area contributed by atoms with Gasteiger partial charge in [0.25, 0.3) is 0 Å². The molecule has 6 heteroatoms. The standard InChI is InChI=1S/C14H14Cl2N2OS/c1-14(2,3)20(19)17-8-10-7-9-5-4-6-11(15)12(9)18-13(10)16/h4-8H,1-3H3/t20-/m1/s1. The highest BCUT2D eigenvalue weighted by atomic mass is 35.5. The van der Waals surface area contributed by atoms with Crippen LogP contribution >= 0.6 is 23.2 Å². The summed E-state index contributed by atoms with van der Waals surface area (Å²) < 4.78 is 15.5. The van der Waals surface area contributed by atoms with Crippen LogP contribution < -0.4 is 0 Å². The summed E-state index contributed by atoms with van der Waals surface area (Å²) in [6.45, 7) is 5.58. The molecule has 0 radical (unpaired) electrons. The maximum atomic E-state index is 11.9. The maximum absolute atomic E-state index is 11.9. The number of nitrogens with zero attached hydrogens (tertiary/aromatic N) is 2. The zero-order chi connectivity index (χ0) is 14.9. The van der Waals surface area contributed by atoms with Crippen LogP contribution in [-0.4, -0.2) is 20.5 Å². The molecule has 0 spiro atoms. The molecule has 0 bridgehead atoms. The van der Waals surface area contributed by atoms with Crippen molar-refractivity contribution in [2.45, 2.75) is 25.5 Å². The summed E-state index contributed by atoms with van der Waals surface area (Å²) in [6, 6.07) is 7.33. The molecule has 0 aliphatic carbocycles. The summed E-state index contributed by atoms with van der Waals surface area (Å²) in [7, 11) is 0. The lowest BCUT2D eigenvalue weighted by molar-refractivity contribution is 0.562. The van der Waals surface area contributed by atoms with Crippen molar-refractivity contribution in [1.29, 1.82) is 0 Å². The number of para-hydroxylation sites is 1. The van der Waals surface area contributed by atoms with Gasteiger partial charge in [0.2, 0.25) is 0 Å². The van der Waals surface area contributed by atoms with Crippen molar-refractivity contribution in [3.05, 3.63) is 40.0 Å². The molecule has 0 amide bonds. The summed E-state index contributed by atoms with van der Waals surface area (Å²) in [5.74, 6) is 0. The van der Waals surface area contributed by atoms with Crippen molar-refractivity contribution < 1.29 is 4.55 Å². The quantitative estimate of drug-likeness (QED) is 0.465. The Morgan fingerprint density at radius 3 is 2.65 bits per heavy atom. The smallest absolute Gasteiger partial charge is 0.144 e. The summed E-state index contributed by atoms with van der Waals surface area (Å²) in [6.07, 6.45) is 1.50. The van der Waals surface area contributed by atoms with Gasteiger partial charge in [-0.1, -0.05) is 39.7 Å². The molecule has 1 aromatic carbocycles. The van der Waals surface area contributed by atoms with Crippen molar-refractivity contribution in [3.63, 3.8) is 0 Å². The Balaban J connectivity index is 2.41. The molecule has 0 aliphatic heterocycles. The molecule has 1 heterocycles. The van der Waals surface area contributed by atoms with E-state index in [1.165, 1.54) is 6.21 Å². The van der Waals surface area contributed by atoms with E-state index in [-0.39, 0.29) is 0 Å². The van der Waals surface area contributed by atoms with Crippen molar-refractivity contribution in [3.8, 4) is 0 Å². The number of benzene rings is 1. The maximum Gasteiger partial charge on any atom is 0.144 e. The Kier molecular flexibility index (Phi) is 4.59. The Labute approximate surface area is 131 Å². The van der Waals surface area contributed by atoms with E-state index in [1.54, 1.807) is 6.07 Å². The predicted molar refractivity (Wildman–Crippen MR) is 87.3 cm³/mol. The third kappa shape index (κ3) is 3.44. The Morgan fingerprint density at radius 1 is 1.30 bits per heavy atom. The average Bonchev–Trinajstić information content (AvgIpc) is 2.36. The van der Waals surface area contributed by atoms with Gasteiger partial charge in [0.15, 0.2) is 0 Å². The largest absolute Gasteiger partial charge is 0.591 e. The zero-order valence-electron chi connectivity index (χ0n) is 11.4. The second kappa shape index (κ2) is 5.90. The monoisotopic (exact) mass is 328 g/mol.